The second-order valence-electron chi connectivity index (χ2n) is 16.5. The molecular formula is C46H56N8O6. The van der Waals surface area contributed by atoms with E-state index in [1.807, 2.05) is 40.1 Å². The molecule has 5 aromatic rings. The Hall–Kier alpha value is -6.18. The summed E-state index contributed by atoms with van der Waals surface area (Å²) < 4.78 is 9.54. The van der Waals surface area contributed by atoms with Crippen LogP contribution >= 0.6 is 0 Å². The van der Waals surface area contributed by atoms with Crippen LogP contribution in [0.2, 0.25) is 0 Å². The number of aromatic amines is 2. The first-order chi connectivity index (χ1) is 28.9. The monoisotopic (exact) mass is 816 g/mol. The van der Waals surface area contributed by atoms with Crippen LogP contribution in [0.5, 0.6) is 0 Å². The summed E-state index contributed by atoms with van der Waals surface area (Å²) in [6.45, 7) is 7.46. The standard InChI is InChI=1S/C46H56N8O6/c1-27(2)53(51-45(57)59-5)43(55)37-13-9-7-11-35(37)41-47-25-39(49-41)30-17-15-29(16-18-30)31-19-20-33-24-34(22-21-32(33)23-31)40-26-48-42(50-40)36-12-8-10-14-38(36)44(56)54(28(3)4)52-46(58)60-6/h15-28,35-38H,7-14H2,1-6H3,(H,47,49)(H,48,50)(H,51,57)(H,52,58)/t35-,36+,37+,38-/m1/s1. The molecule has 4 N–H and O–H groups in total. The summed E-state index contributed by atoms with van der Waals surface area (Å²) in [5.41, 5.74) is 11.1. The van der Waals surface area contributed by atoms with E-state index in [-0.39, 0.29) is 47.6 Å². The van der Waals surface area contributed by atoms with Crippen molar-refractivity contribution in [2.75, 3.05) is 14.2 Å². The molecule has 0 aliphatic heterocycles. The number of benzene rings is 3. The number of H-pyrrole nitrogens is 2. The van der Waals surface area contributed by atoms with Crippen LogP contribution in [0, 0.1) is 11.8 Å². The van der Waals surface area contributed by atoms with E-state index in [4.69, 9.17) is 19.4 Å². The molecule has 60 heavy (non-hydrogen) atoms. The molecule has 0 spiro atoms. The maximum atomic E-state index is 13.7. The molecule has 2 fully saturated rings. The van der Waals surface area contributed by atoms with Crippen LogP contribution in [0.3, 0.4) is 0 Å². The van der Waals surface area contributed by atoms with Gasteiger partial charge in [0.2, 0.25) is 11.8 Å². The number of carbonyl (C=O) groups is 4. The highest BCUT2D eigenvalue weighted by Crippen LogP contribution is 2.40. The first-order valence-corrected chi connectivity index (χ1v) is 21.1. The van der Waals surface area contributed by atoms with Crippen LogP contribution in [0.25, 0.3) is 44.4 Å². The number of rotatable bonds is 9. The summed E-state index contributed by atoms with van der Waals surface area (Å²) in [7, 11) is 2.57. The molecule has 7 rings (SSSR count). The fourth-order valence-corrected chi connectivity index (χ4v) is 8.81. The Morgan fingerprint density at radius 3 is 1.45 bits per heavy atom. The number of nitrogens with one attached hydrogen (secondary N) is 4. The normalized spacial score (nSPS) is 19.2. The maximum Gasteiger partial charge on any atom is 0.425 e. The van der Waals surface area contributed by atoms with Crippen molar-refractivity contribution in [1.29, 1.82) is 0 Å². The van der Waals surface area contributed by atoms with Gasteiger partial charge in [-0.05, 0) is 93.0 Å². The number of carbonyl (C=O) groups excluding carboxylic acids is 4. The Labute approximate surface area is 350 Å². The van der Waals surface area contributed by atoms with Gasteiger partial charge < -0.3 is 19.4 Å². The lowest BCUT2D eigenvalue weighted by molar-refractivity contribution is -0.143. The molecule has 0 unspecified atom stereocenters. The van der Waals surface area contributed by atoms with Gasteiger partial charge in [-0.15, -0.1) is 0 Å². The fraction of sp³-hybridized carbons (Fsp3) is 0.435. The molecule has 4 atom stereocenters. The Bertz CT molecular complexity index is 2320. The minimum absolute atomic E-state index is 0.0902. The number of hydrogen-bond donors (Lipinski definition) is 4. The van der Waals surface area contributed by atoms with Crippen LogP contribution in [0.15, 0.2) is 73.1 Å². The zero-order valence-electron chi connectivity index (χ0n) is 35.3. The average Bonchev–Trinajstić information content (AvgIpc) is 3.98. The largest absolute Gasteiger partial charge is 0.452 e. The molecule has 2 aromatic heterocycles. The Balaban J connectivity index is 1.04. The number of aromatic nitrogens is 4. The van der Waals surface area contributed by atoms with E-state index in [1.165, 1.54) is 24.2 Å². The summed E-state index contributed by atoms with van der Waals surface area (Å²) in [5.74, 6) is 0.495. The van der Waals surface area contributed by atoms with Gasteiger partial charge >= 0.3 is 12.2 Å². The van der Waals surface area contributed by atoms with Crippen molar-refractivity contribution in [2.45, 2.75) is 103 Å². The zero-order valence-corrected chi connectivity index (χ0v) is 35.3. The van der Waals surface area contributed by atoms with Gasteiger partial charge in [-0.2, -0.15) is 0 Å². The van der Waals surface area contributed by atoms with Crippen LogP contribution in [0.1, 0.15) is 103 Å². The van der Waals surface area contributed by atoms with E-state index in [0.29, 0.717) is 0 Å². The number of amides is 4. The summed E-state index contributed by atoms with van der Waals surface area (Å²) in [5, 5.41) is 4.97. The number of methoxy groups -OCH3 is 2. The highest BCUT2D eigenvalue weighted by molar-refractivity contribution is 5.91. The Kier molecular flexibility index (Phi) is 12.9. The van der Waals surface area contributed by atoms with E-state index in [1.54, 1.807) is 0 Å². The third kappa shape index (κ3) is 9.02. The van der Waals surface area contributed by atoms with E-state index in [2.05, 4.69) is 81.5 Å². The molecule has 0 saturated heterocycles. The molecule has 14 heteroatoms. The number of imidazole rings is 2. The minimum atomic E-state index is -0.667. The van der Waals surface area contributed by atoms with Crippen molar-refractivity contribution in [1.82, 2.24) is 40.8 Å². The average molecular weight is 817 g/mol. The van der Waals surface area contributed by atoms with Gasteiger partial charge in [-0.3, -0.25) is 9.59 Å². The minimum Gasteiger partial charge on any atom is -0.452 e. The van der Waals surface area contributed by atoms with Crippen molar-refractivity contribution in [3.8, 4) is 33.6 Å². The lowest BCUT2D eigenvalue weighted by Crippen LogP contribution is -2.53. The molecule has 3 aromatic carbocycles. The maximum absolute atomic E-state index is 13.7. The molecule has 2 aliphatic carbocycles. The van der Waals surface area contributed by atoms with Crippen molar-refractivity contribution in [2.24, 2.45) is 11.8 Å². The molecule has 2 heterocycles. The van der Waals surface area contributed by atoms with Crippen LogP contribution in [-0.4, -0.2) is 80.3 Å². The molecule has 2 aliphatic rings. The van der Waals surface area contributed by atoms with Crippen LogP contribution in [0.4, 0.5) is 9.59 Å². The topological polar surface area (TPSA) is 175 Å². The predicted octanol–water partition coefficient (Wildman–Crippen LogP) is 8.85. The van der Waals surface area contributed by atoms with Gasteiger partial charge in [0.15, 0.2) is 0 Å². The second kappa shape index (κ2) is 18.4. The number of hydrazine groups is 2. The van der Waals surface area contributed by atoms with Gasteiger partial charge in [-0.25, -0.2) is 40.4 Å². The van der Waals surface area contributed by atoms with Gasteiger partial charge in [-0.1, -0.05) is 74.2 Å². The molecular weight excluding hydrogens is 761 g/mol. The van der Waals surface area contributed by atoms with E-state index >= 15 is 0 Å². The summed E-state index contributed by atoms with van der Waals surface area (Å²) in [6, 6.07) is 20.7. The molecule has 14 nitrogen and oxygen atoms in total. The number of ether oxygens (including phenoxy) is 2. The van der Waals surface area contributed by atoms with E-state index in [0.717, 1.165) is 107 Å². The Morgan fingerprint density at radius 2 is 0.983 bits per heavy atom. The molecule has 0 radical (unpaired) electrons. The third-order valence-corrected chi connectivity index (χ3v) is 12.0. The summed E-state index contributed by atoms with van der Waals surface area (Å²) in [4.78, 5) is 68.1. The first-order valence-electron chi connectivity index (χ1n) is 21.1. The summed E-state index contributed by atoms with van der Waals surface area (Å²) in [6.07, 6.45) is 9.34. The Morgan fingerprint density at radius 1 is 0.583 bits per heavy atom. The van der Waals surface area contributed by atoms with Crippen LogP contribution < -0.4 is 10.9 Å². The number of hydrogen-bond acceptors (Lipinski definition) is 8. The molecule has 2 saturated carbocycles. The smallest absolute Gasteiger partial charge is 0.425 e. The lowest BCUT2D eigenvalue weighted by Gasteiger charge is -2.35. The number of fused-ring (bicyclic) bond motifs is 1. The molecule has 0 bridgehead atoms. The highest BCUT2D eigenvalue weighted by atomic mass is 16.5. The van der Waals surface area contributed by atoms with Crippen molar-refractivity contribution < 1.29 is 28.7 Å². The van der Waals surface area contributed by atoms with Crippen molar-refractivity contribution >= 4 is 34.8 Å². The van der Waals surface area contributed by atoms with Crippen molar-refractivity contribution in [3.63, 3.8) is 0 Å². The molecule has 4 amide bonds. The van der Waals surface area contributed by atoms with Crippen molar-refractivity contribution in [3.05, 3.63) is 84.7 Å². The zero-order chi connectivity index (χ0) is 42.5. The quantitative estimate of drug-likeness (QED) is 0.107. The van der Waals surface area contributed by atoms with Gasteiger partial charge in [0, 0.05) is 41.3 Å². The third-order valence-electron chi connectivity index (χ3n) is 12.0. The van der Waals surface area contributed by atoms with E-state index in [9.17, 15) is 19.2 Å². The first kappa shape index (κ1) is 42.0. The predicted molar refractivity (Wildman–Crippen MR) is 229 cm³/mol. The SMILES string of the molecule is COC(=O)NN(C(=O)[C@H]1CCCC[C@H]1c1ncc(-c2ccc(-c3ccc4cc(-c5cnc([C@H]6CCCC[C@H]6C(=O)N(NC(=O)OC)C(C)C)[nH]5)ccc4c3)cc2)[nH]1)C(C)C. The fourth-order valence-electron chi connectivity index (χ4n) is 8.81. The lowest BCUT2D eigenvalue weighted by atomic mass is 9.78. The van der Waals surface area contributed by atoms with Gasteiger partial charge in [0.25, 0.3) is 0 Å². The molecule has 316 valence electrons. The van der Waals surface area contributed by atoms with E-state index < -0.39 is 12.2 Å². The number of nitrogens with zero attached hydrogens (tertiary/aromatic N) is 4. The highest BCUT2D eigenvalue weighted by Gasteiger charge is 2.39. The second-order valence-corrected chi connectivity index (χ2v) is 16.5. The van der Waals surface area contributed by atoms with Crippen LogP contribution in [-0.2, 0) is 19.1 Å². The van der Waals surface area contributed by atoms with Gasteiger partial charge in [0.1, 0.15) is 11.6 Å². The summed E-state index contributed by atoms with van der Waals surface area (Å²) >= 11 is 0. The van der Waals surface area contributed by atoms with Gasteiger partial charge in [0.05, 0.1) is 38.0 Å².